The molecule has 4 amide bonds. The fourth-order valence-corrected chi connectivity index (χ4v) is 5.62. The van der Waals surface area contributed by atoms with Gasteiger partial charge in [0.05, 0.1) is 25.5 Å². The molecule has 2 saturated heterocycles. The smallest absolute Gasteiger partial charge is 0.250 e. The van der Waals surface area contributed by atoms with Crippen LogP contribution in [0.15, 0.2) is 42.5 Å². The number of rotatable bonds is 6. The molecule has 4 N–H and O–H groups in total. The third-order valence-electron chi connectivity index (χ3n) is 6.97. The lowest BCUT2D eigenvalue weighted by molar-refractivity contribution is -0.143. The second-order valence-electron chi connectivity index (χ2n) is 8.82. The van der Waals surface area contributed by atoms with E-state index in [0.717, 1.165) is 5.56 Å². The maximum absolute atomic E-state index is 13.7. The number of fused-ring (bicyclic) bond motifs is 4. The van der Waals surface area contributed by atoms with E-state index >= 15 is 0 Å². The Hall–Kier alpha value is -3.43. The zero-order valence-corrected chi connectivity index (χ0v) is 19.1. The lowest BCUT2D eigenvalue weighted by Gasteiger charge is -2.29. The van der Waals surface area contributed by atoms with E-state index < -0.39 is 41.1 Å². The molecule has 4 unspecified atom stereocenters. The van der Waals surface area contributed by atoms with Gasteiger partial charge in [-0.05, 0) is 42.3 Å². The topological polar surface area (TPSA) is 131 Å². The Morgan fingerprint density at radius 2 is 1.88 bits per heavy atom. The third kappa shape index (κ3) is 3.26. The molecule has 1 spiro atoms. The zero-order valence-electron chi connectivity index (χ0n) is 18.3. The van der Waals surface area contributed by atoms with Crippen LogP contribution in [0.2, 0.25) is 5.02 Å². The average molecular weight is 483 g/mol. The van der Waals surface area contributed by atoms with Gasteiger partial charge in [-0.1, -0.05) is 23.7 Å². The zero-order chi connectivity index (χ0) is 24.2. The summed E-state index contributed by atoms with van der Waals surface area (Å²) in [5.74, 6) is -2.91. The fourth-order valence-electron chi connectivity index (χ4n) is 5.45. The van der Waals surface area contributed by atoms with E-state index in [1.54, 1.807) is 49.6 Å². The minimum atomic E-state index is -1.46. The monoisotopic (exact) mass is 482 g/mol. The van der Waals surface area contributed by atoms with Gasteiger partial charge < -0.3 is 15.8 Å². The Labute approximate surface area is 200 Å². The first kappa shape index (κ1) is 22.4. The second kappa shape index (κ2) is 8.11. The van der Waals surface area contributed by atoms with Crippen LogP contribution in [-0.2, 0) is 31.3 Å². The Morgan fingerprint density at radius 1 is 1.15 bits per heavy atom. The average Bonchev–Trinajstić information content (AvgIpc) is 3.39. The molecule has 4 atom stereocenters. The van der Waals surface area contributed by atoms with Crippen molar-refractivity contribution in [2.45, 2.75) is 31.0 Å². The van der Waals surface area contributed by atoms with Gasteiger partial charge in [-0.15, -0.1) is 0 Å². The van der Waals surface area contributed by atoms with Gasteiger partial charge in [0.15, 0.2) is 0 Å². The van der Waals surface area contributed by atoms with Gasteiger partial charge in [0.25, 0.3) is 0 Å². The second-order valence-corrected chi connectivity index (χ2v) is 9.26. The molecule has 2 aromatic carbocycles. The number of hydrogen-bond donors (Lipinski definition) is 3. The van der Waals surface area contributed by atoms with Gasteiger partial charge >= 0.3 is 0 Å². The van der Waals surface area contributed by atoms with E-state index in [2.05, 4.69) is 10.6 Å². The van der Waals surface area contributed by atoms with Gasteiger partial charge in [0.2, 0.25) is 23.6 Å². The van der Waals surface area contributed by atoms with Crippen molar-refractivity contribution in [1.82, 2.24) is 10.2 Å². The van der Waals surface area contributed by atoms with Crippen LogP contribution < -0.4 is 21.1 Å². The normalized spacial score (nSPS) is 27.2. The number of imide groups is 1. The third-order valence-corrected chi connectivity index (χ3v) is 7.20. The van der Waals surface area contributed by atoms with Crippen LogP contribution in [0.3, 0.4) is 0 Å². The van der Waals surface area contributed by atoms with Crippen molar-refractivity contribution in [3.8, 4) is 5.75 Å². The Kier molecular flexibility index (Phi) is 5.33. The number of halogens is 1. The van der Waals surface area contributed by atoms with Gasteiger partial charge in [-0.3, -0.25) is 29.4 Å². The van der Waals surface area contributed by atoms with Crippen molar-refractivity contribution in [2.75, 3.05) is 12.4 Å². The maximum atomic E-state index is 13.7. The lowest BCUT2D eigenvalue weighted by atomic mass is 9.76. The standard InChI is InChI=1S/C24H23ClN4O5/c1-34-14-5-2-12(3-6-14)11-29-21(31)19-17(8-9-18(26)30)28-24(20(19)22(29)32)15-10-13(25)4-7-16(15)27-23(24)33/h2-7,10,17,19-20,28H,8-9,11H2,1H3,(H2,26,30)(H,27,33). The highest BCUT2D eigenvalue weighted by Crippen LogP contribution is 2.54. The van der Waals surface area contributed by atoms with Crippen LogP contribution in [0, 0.1) is 11.8 Å². The van der Waals surface area contributed by atoms with E-state index in [0.29, 0.717) is 22.0 Å². The number of carbonyl (C=O) groups is 4. The van der Waals surface area contributed by atoms with Crippen LogP contribution in [0.25, 0.3) is 0 Å². The number of ether oxygens (including phenoxy) is 1. The molecule has 2 fully saturated rings. The van der Waals surface area contributed by atoms with Crippen molar-refractivity contribution in [3.63, 3.8) is 0 Å². The molecule has 2 aromatic rings. The number of carbonyl (C=O) groups excluding carboxylic acids is 4. The Bertz CT molecular complexity index is 1220. The van der Waals surface area contributed by atoms with Gasteiger partial charge in [0, 0.05) is 28.7 Å². The molecule has 176 valence electrons. The number of hydrogen-bond acceptors (Lipinski definition) is 6. The number of amides is 4. The molecule has 3 heterocycles. The first-order valence-corrected chi connectivity index (χ1v) is 11.3. The van der Waals surface area contributed by atoms with Crippen molar-refractivity contribution in [1.29, 1.82) is 0 Å². The Balaban J connectivity index is 1.56. The molecule has 9 nitrogen and oxygen atoms in total. The van der Waals surface area contributed by atoms with Crippen molar-refractivity contribution in [3.05, 3.63) is 58.6 Å². The van der Waals surface area contributed by atoms with Crippen LogP contribution in [0.1, 0.15) is 24.0 Å². The van der Waals surface area contributed by atoms with Crippen molar-refractivity contribution >= 4 is 40.9 Å². The summed E-state index contributed by atoms with van der Waals surface area (Å²) in [4.78, 5) is 53.4. The molecule has 34 heavy (non-hydrogen) atoms. The molecule has 0 aromatic heterocycles. The highest BCUT2D eigenvalue weighted by molar-refractivity contribution is 6.31. The summed E-state index contributed by atoms with van der Waals surface area (Å²) in [5.41, 5.74) is 5.69. The van der Waals surface area contributed by atoms with E-state index in [1.807, 2.05) is 0 Å². The predicted octanol–water partition coefficient (Wildman–Crippen LogP) is 1.53. The molecule has 3 aliphatic heterocycles. The summed E-state index contributed by atoms with van der Waals surface area (Å²) in [6.45, 7) is 0.0668. The van der Waals surface area contributed by atoms with Crippen molar-refractivity contribution < 1.29 is 23.9 Å². The van der Waals surface area contributed by atoms with Crippen LogP contribution >= 0.6 is 11.6 Å². The molecule has 0 radical (unpaired) electrons. The molecule has 3 aliphatic rings. The summed E-state index contributed by atoms with van der Waals surface area (Å²) in [6, 6.07) is 11.4. The minimum absolute atomic E-state index is 0.0148. The number of nitrogens with zero attached hydrogens (tertiary/aromatic N) is 1. The van der Waals surface area contributed by atoms with Crippen molar-refractivity contribution in [2.24, 2.45) is 17.6 Å². The highest BCUT2D eigenvalue weighted by Gasteiger charge is 2.70. The first-order chi connectivity index (χ1) is 16.3. The summed E-state index contributed by atoms with van der Waals surface area (Å²) in [7, 11) is 1.55. The highest BCUT2D eigenvalue weighted by atomic mass is 35.5. The van der Waals surface area contributed by atoms with Gasteiger partial charge in [0.1, 0.15) is 11.3 Å². The summed E-state index contributed by atoms with van der Waals surface area (Å²) in [6.07, 6.45) is 0.234. The SMILES string of the molecule is COc1ccc(CN2C(=O)C3C(CCC(N)=O)NC4(C(=O)Nc5ccc(Cl)cc54)C3C2=O)cc1. The number of methoxy groups -OCH3 is 1. The first-order valence-electron chi connectivity index (χ1n) is 10.9. The van der Waals surface area contributed by atoms with Crippen LogP contribution in [-0.4, -0.2) is 41.7 Å². The lowest BCUT2D eigenvalue weighted by Crippen LogP contribution is -2.53. The van der Waals surface area contributed by atoms with Crippen LogP contribution in [0.5, 0.6) is 5.75 Å². The number of nitrogens with two attached hydrogens (primary N) is 1. The number of likely N-dealkylation sites (tertiary alicyclic amines) is 1. The van der Waals surface area contributed by atoms with Crippen LogP contribution in [0.4, 0.5) is 5.69 Å². The fraction of sp³-hybridized carbons (Fsp3) is 0.333. The minimum Gasteiger partial charge on any atom is -0.497 e. The molecular formula is C24H23ClN4O5. The van der Waals surface area contributed by atoms with Gasteiger partial charge in [-0.2, -0.15) is 0 Å². The van der Waals surface area contributed by atoms with E-state index in [-0.39, 0.29) is 25.3 Å². The summed E-state index contributed by atoms with van der Waals surface area (Å²) >= 11 is 6.24. The number of anilines is 1. The quantitative estimate of drug-likeness (QED) is 0.535. The van der Waals surface area contributed by atoms with E-state index in [9.17, 15) is 19.2 Å². The predicted molar refractivity (Wildman–Crippen MR) is 123 cm³/mol. The number of benzene rings is 2. The molecule has 5 rings (SSSR count). The molecule has 10 heteroatoms. The largest absolute Gasteiger partial charge is 0.497 e. The molecule has 0 aliphatic carbocycles. The molecule has 0 saturated carbocycles. The maximum Gasteiger partial charge on any atom is 0.250 e. The number of primary amides is 1. The van der Waals surface area contributed by atoms with Gasteiger partial charge in [-0.25, -0.2) is 0 Å². The number of nitrogens with one attached hydrogen (secondary N) is 2. The summed E-state index contributed by atoms with van der Waals surface area (Å²) in [5, 5.41) is 6.48. The van der Waals surface area contributed by atoms with E-state index in [4.69, 9.17) is 22.1 Å². The Morgan fingerprint density at radius 3 is 2.56 bits per heavy atom. The molecule has 0 bridgehead atoms. The molecular weight excluding hydrogens is 460 g/mol. The van der Waals surface area contributed by atoms with E-state index in [1.165, 1.54) is 4.90 Å². The summed E-state index contributed by atoms with van der Waals surface area (Å²) < 4.78 is 5.17.